The van der Waals surface area contributed by atoms with Crippen LogP contribution >= 0.6 is 11.6 Å². The van der Waals surface area contributed by atoms with Gasteiger partial charge < -0.3 is 29.4 Å². The van der Waals surface area contributed by atoms with Gasteiger partial charge in [0.2, 0.25) is 5.95 Å². The van der Waals surface area contributed by atoms with E-state index in [0.29, 0.717) is 41.8 Å². The number of hydrogen-bond donors (Lipinski definition) is 1. The van der Waals surface area contributed by atoms with Crippen molar-refractivity contribution in [2.45, 2.75) is 57.3 Å². The van der Waals surface area contributed by atoms with Crippen LogP contribution in [0.15, 0.2) is 42.5 Å². The molecule has 3 aromatic carbocycles. The Morgan fingerprint density at radius 2 is 1.76 bits per heavy atom. The predicted octanol–water partition coefficient (Wildman–Crippen LogP) is 6.29. The predicted molar refractivity (Wildman–Crippen MR) is 176 cm³/mol. The number of aromatic nitrogens is 2. The summed E-state index contributed by atoms with van der Waals surface area (Å²) in [6.07, 6.45) is 1.43. The summed E-state index contributed by atoms with van der Waals surface area (Å²) in [6, 6.07) is 12.8. The fraction of sp³-hybridized carbons (Fsp3) is 0.441. The maximum Gasteiger partial charge on any atom is 0.410 e. The third-order valence-corrected chi connectivity index (χ3v) is 9.57. The molecule has 8 rings (SSSR count). The molecule has 9 nitrogen and oxygen atoms in total. The van der Waals surface area contributed by atoms with Crippen LogP contribution in [0, 0.1) is 5.82 Å². The van der Waals surface area contributed by atoms with Gasteiger partial charge in [0.1, 0.15) is 22.7 Å². The number of piperidine rings is 2. The Morgan fingerprint density at radius 1 is 1.02 bits per heavy atom. The summed E-state index contributed by atoms with van der Waals surface area (Å²) in [4.78, 5) is 31.2. The quantitative estimate of drug-likeness (QED) is 0.281. The average Bonchev–Trinajstić information content (AvgIpc) is 2.95. The van der Waals surface area contributed by atoms with Crippen molar-refractivity contribution in [1.82, 2.24) is 19.8 Å². The van der Waals surface area contributed by atoms with Gasteiger partial charge in [-0.15, -0.1) is 0 Å². The topological polar surface area (TPSA) is 85.3 Å². The van der Waals surface area contributed by atoms with Crippen LogP contribution in [0.5, 0.6) is 5.75 Å². The molecule has 2 bridgehead atoms. The first kappa shape index (κ1) is 29.8. The van der Waals surface area contributed by atoms with Crippen LogP contribution in [0.4, 0.5) is 21.0 Å². The summed E-state index contributed by atoms with van der Waals surface area (Å²) >= 11 is 6.93. The molecule has 236 valence electrons. The number of aromatic hydroxyl groups is 1. The van der Waals surface area contributed by atoms with Gasteiger partial charge in [0, 0.05) is 49.2 Å². The highest BCUT2D eigenvalue weighted by molar-refractivity contribution is 6.35. The van der Waals surface area contributed by atoms with Crippen molar-refractivity contribution in [1.29, 1.82) is 0 Å². The number of carbonyl (C=O) groups is 1. The Balaban J connectivity index is 1.35. The Kier molecular flexibility index (Phi) is 7.20. The molecule has 0 saturated carbocycles. The number of fused-ring (bicyclic) bond motifs is 5. The largest absolute Gasteiger partial charge is 0.508 e. The second kappa shape index (κ2) is 10.9. The molecule has 4 aliphatic rings. The van der Waals surface area contributed by atoms with Gasteiger partial charge in [-0.3, -0.25) is 0 Å². The zero-order valence-electron chi connectivity index (χ0n) is 26.2. The third-order valence-electron chi connectivity index (χ3n) is 9.27. The Bertz CT molecular complexity index is 1820. The molecule has 4 fully saturated rings. The summed E-state index contributed by atoms with van der Waals surface area (Å²) in [5.74, 6) is 0.557. The second-order valence-electron chi connectivity index (χ2n) is 13.7. The van der Waals surface area contributed by atoms with Crippen molar-refractivity contribution in [3.8, 4) is 16.9 Å². The number of rotatable bonds is 4. The van der Waals surface area contributed by atoms with E-state index < -0.39 is 11.4 Å². The van der Waals surface area contributed by atoms with Gasteiger partial charge in [-0.25, -0.2) is 14.2 Å². The number of likely N-dealkylation sites (N-methyl/N-ethyl adjacent to an activating group) is 1. The van der Waals surface area contributed by atoms with Gasteiger partial charge in [-0.2, -0.15) is 4.98 Å². The fourth-order valence-electron chi connectivity index (χ4n) is 6.85. The molecule has 4 aliphatic heterocycles. The molecular weight excluding hydrogens is 595 g/mol. The average molecular weight is 633 g/mol. The molecule has 1 N–H and O–H groups in total. The zero-order chi connectivity index (χ0) is 31.8. The third kappa shape index (κ3) is 5.27. The van der Waals surface area contributed by atoms with Crippen LogP contribution in [-0.2, 0) is 4.74 Å². The lowest BCUT2D eigenvalue weighted by atomic mass is 9.90. The van der Waals surface area contributed by atoms with E-state index in [4.69, 9.17) is 26.3 Å². The molecule has 0 radical (unpaired) electrons. The number of benzene rings is 3. The van der Waals surface area contributed by atoms with Crippen LogP contribution < -0.4 is 9.80 Å². The first-order chi connectivity index (χ1) is 21.4. The van der Waals surface area contributed by atoms with Gasteiger partial charge in [0.15, 0.2) is 5.82 Å². The number of carbonyl (C=O) groups excluding carboxylic acids is 1. The molecule has 11 heteroatoms. The molecule has 45 heavy (non-hydrogen) atoms. The highest BCUT2D eigenvalue weighted by Gasteiger charge is 2.44. The highest BCUT2D eigenvalue weighted by Crippen LogP contribution is 2.44. The molecule has 1 amide bonds. The molecule has 0 aliphatic carbocycles. The monoisotopic (exact) mass is 632 g/mol. The van der Waals surface area contributed by atoms with Crippen molar-refractivity contribution in [2.24, 2.45) is 0 Å². The summed E-state index contributed by atoms with van der Waals surface area (Å²) in [6.45, 7) is 8.13. The van der Waals surface area contributed by atoms with Crippen molar-refractivity contribution in [3.63, 3.8) is 0 Å². The summed E-state index contributed by atoms with van der Waals surface area (Å²) in [5.41, 5.74) is 0.288. The Morgan fingerprint density at radius 3 is 2.44 bits per heavy atom. The number of piperazine rings is 1. The van der Waals surface area contributed by atoms with Crippen molar-refractivity contribution >= 4 is 51.1 Å². The maximum atomic E-state index is 16.9. The second-order valence-corrected chi connectivity index (χ2v) is 14.1. The van der Waals surface area contributed by atoms with Crippen LogP contribution in [0.3, 0.4) is 0 Å². The number of nitrogens with zero attached hydrogens (tertiary/aromatic N) is 6. The van der Waals surface area contributed by atoms with E-state index in [1.54, 1.807) is 18.2 Å². The minimum Gasteiger partial charge on any atom is -0.508 e. The number of halogens is 2. The van der Waals surface area contributed by atoms with Crippen LogP contribution in [-0.4, -0.2) is 95.0 Å². The summed E-state index contributed by atoms with van der Waals surface area (Å²) in [5, 5.41) is 12.8. The minimum atomic E-state index is -0.584. The molecule has 0 unspecified atom stereocenters. The van der Waals surface area contributed by atoms with E-state index in [1.165, 1.54) is 0 Å². The first-order valence-corrected chi connectivity index (χ1v) is 15.8. The van der Waals surface area contributed by atoms with Gasteiger partial charge in [0.25, 0.3) is 0 Å². The van der Waals surface area contributed by atoms with Crippen LogP contribution in [0.2, 0.25) is 5.02 Å². The number of anilines is 2. The molecule has 4 saturated heterocycles. The molecule has 4 aromatic rings. The van der Waals surface area contributed by atoms with Crippen LogP contribution in [0.25, 0.3) is 32.8 Å². The van der Waals surface area contributed by atoms with Crippen molar-refractivity contribution < 1.29 is 19.0 Å². The number of phenolic OH excluding ortho intramolecular Hbond substituents is 1. The standard InChI is InChI=1S/C34H38ClFN6O3/c1-34(2,3)45-33(44)42-18-20-10-11-21(42)17-41(20)31-26-14-27(35)28(25-13-23(43)12-19-8-6-7-9-24(19)25)29(36)30(26)37-32(38-31)40-15-22(16-40)39(4)5/h6-9,12-14,20-22,43H,10-11,15-18H2,1-5H3/t20-,21-/m1/s1. The van der Waals surface area contributed by atoms with E-state index in [0.717, 1.165) is 36.7 Å². The van der Waals surface area contributed by atoms with Gasteiger partial charge >= 0.3 is 6.09 Å². The zero-order valence-corrected chi connectivity index (χ0v) is 27.0. The number of ether oxygens (including phenoxy) is 1. The molecular formula is C34H38ClFN6O3. The van der Waals surface area contributed by atoms with E-state index in [1.807, 2.05) is 64.0 Å². The molecule has 0 spiro atoms. The number of phenols is 1. The smallest absolute Gasteiger partial charge is 0.410 e. The molecule has 1 aromatic heterocycles. The Labute approximate surface area is 267 Å². The lowest BCUT2D eigenvalue weighted by Crippen LogP contribution is -2.64. The van der Waals surface area contributed by atoms with E-state index >= 15 is 4.39 Å². The fourth-order valence-corrected chi connectivity index (χ4v) is 7.15. The number of amides is 1. The van der Waals surface area contributed by atoms with E-state index in [2.05, 4.69) is 14.7 Å². The minimum absolute atomic E-state index is 0.0177. The van der Waals surface area contributed by atoms with Gasteiger partial charge in [-0.05, 0) is 82.2 Å². The molecule has 2 atom stereocenters. The van der Waals surface area contributed by atoms with Gasteiger partial charge in [0.05, 0.1) is 11.1 Å². The lowest BCUT2D eigenvalue weighted by Gasteiger charge is -2.52. The van der Waals surface area contributed by atoms with Gasteiger partial charge in [-0.1, -0.05) is 35.9 Å². The SMILES string of the molecule is CN(C)C1CN(c2nc(N3C[C@H]4CC[C@@H]3CN4C(=O)OC(C)(C)C)c3cc(Cl)c(-c4cc(O)cc5ccccc45)c(F)c3n2)C1. The summed E-state index contributed by atoms with van der Waals surface area (Å²) in [7, 11) is 4.09. The van der Waals surface area contributed by atoms with Crippen molar-refractivity contribution in [3.05, 3.63) is 53.3 Å². The Hall–Kier alpha value is -3.89. The molecule has 5 heterocycles. The lowest BCUT2D eigenvalue weighted by molar-refractivity contribution is 0.000818. The van der Waals surface area contributed by atoms with E-state index in [9.17, 15) is 9.90 Å². The van der Waals surface area contributed by atoms with Crippen LogP contribution in [0.1, 0.15) is 33.6 Å². The maximum absolute atomic E-state index is 16.9. The number of hydrogen-bond acceptors (Lipinski definition) is 8. The van der Waals surface area contributed by atoms with E-state index in [-0.39, 0.29) is 40.0 Å². The summed E-state index contributed by atoms with van der Waals surface area (Å²) < 4.78 is 22.7. The normalized spacial score (nSPS) is 20.4. The van der Waals surface area contributed by atoms with Crippen molar-refractivity contribution in [2.75, 3.05) is 50.1 Å². The highest BCUT2D eigenvalue weighted by atomic mass is 35.5. The first-order valence-electron chi connectivity index (χ1n) is 15.5.